The Morgan fingerprint density at radius 2 is 1.37 bits per heavy atom. The molecule has 6 nitrogen and oxygen atoms in total. The average Bonchev–Trinajstić information content (AvgIpc) is 2.81. The molecule has 1 aliphatic heterocycles. The number of benzene rings is 3. The third kappa shape index (κ3) is 4.60. The highest BCUT2D eigenvalue weighted by atomic mass is 16.6. The summed E-state index contributed by atoms with van der Waals surface area (Å²) in [5, 5.41) is 5.46. The fourth-order valence-corrected chi connectivity index (χ4v) is 3.30. The van der Waals surface area contributed by atoms with E-state index in [1.54, 1.807) is 6.07 Å². The highest BCUT2D eigenvalue weighted by Crippen LogP contribution is 2.30. The molecule has 30 heavy (non-hydrogen) atoms. The van der Waals surface area contributed by atoms with Gasteiger partial charge in [0.2, 0.25) is 0 Å². The van der Waals surface area contributed by atoms with Crippen LogP contribution in [0.15, 0.2) is 84.9 Å². The maximum atomic E-state index is 12.6. The van der Waals surface area contributed by atoms with Gasteiger partial charge in [0.05, 0.1) is 12.6 Å². The molecule has 0 fully saturated rings. The molecule has 0 spiro atoms. The standard InChI is InChI=1S/C24H22N2O4/c27-23(25-15-19-16-29-20-13-7-8-14-21(20)30-19)24(28)26-22(17-9-3-1-4-10-17)18-11-5-2-6-12-18/h1-14,19,22H,15-16H2,(H,25,27)(H,26,28). The number of fused-ring (bicyclic) bond motifs is 1. The minimum Gasteiger partial charge on any atom is -0.486 e. The van der Waals surface area contributed by atoms with Crippen LogP contribution in [0.25, 0.3) is 0 Å². The summed E-state index contributed by atoms with van der Waals surface area (Å²) >= 11 is 0. The second-order valence-corrected chi connectivity index (χ2v) is 6.94. The van der Waals surface area contributed by atoms with Crippen LogP contribution in [-0.2, 0) is 9.59 Å². The Balaban J connectivity index is 1.38. The fraction of sp³-hybridized carbons (Fsp3) is 0.167. The summed E-state index contributed by atoms with van der Waals surface area (Å²) in [6.45, 7) is 0.470. The van der Waals surface area contributed by atoms with Crippen molar-refractivity contribution in [3.05, 3.63) is 96.1 Å². The molecule has 0 aromatic heterocycles. The first kappa shape index (κ1) is 19.5. The van der Waals surface area contributed by atoms with E-state index in [2.05, 4.69) is 10.6 Å². The molecule has 4 rings (SSSR count). The minimum absolute atomic E-state index is 0.169. The van der Waals surface area contributed by atoms with Gasteiger partial charge in [0.1, 0.15) is 12.7 Å². The number of carbonyl (C=O) groups excluding carboxylic acids is 2. The van der Waals surface area contributed by atoms with Gasteiger partial charge in [-0.25, -0.2) is 0 Å². The predicted molar refractivity (Wildman–Crippen MR) is 112 cm³/mol. The largest absolute Gasteiger partial charge is 0.486 e. The summed E-state index contributed by atoms with van der Waals surface area (Å²) in [4.78, 5) is 25.0. The van der Waals surface area contributed by atoms with E-state index >= 15 is 0 Å². The maximum absolute atomic E-state index is 12.6. The number of para-hydroxylation sites is 2. The predicted octanol–water partition coefficient (Wildman–Crippen LogP) is 2.85. The Morgan fingerprint density at radius 3 is 2.00 bits per heavy atom. The van der Waals surface area contributed by atoms with Gasteiger partial charge in [-0.1, -0.05) is 72.8 Å². The van der Waals surface area contributed by atoms with Gasteiger partial charge in [-0.05, 0) is 23.3 Å². The lowest BCUT2D eigenvalue weighted by molar-refractivity contribution is -0.139. The van der Waals surface area contributed by atoms with Gasteiger partial charge >= 0.3 is 11.8 Å². The molecule has 3 aromatic carbocycles. The molecule has 0 saturated heterocycles. The van der Waals surface area contributed by atoms with Gasteiger partial charge in [-0.2, -0.15) is 0 Å². The van der Waals surface area contributed by atoms with Gasteiger partial charge in [-0.3, -0.25) is 9.59 Å². The Kier molecular flexibility index (Phi) is 5.94. The lowest BCUT2D eigenvalue weighted by Crippen LogP contribution is -2.46. The minimum atomic E-state index is -0.714. The van der Waals surface area contributed by atoms with Crippen molar-refractivity contribution in [2.75, 3.05) is 13.2 Å². The first-order chi connectivity index (χ1) is 14.7. The van der Waals surface area contributed by atoms with Crippen LogP contribution in [0.4, 0.5) is 0 Å². The van der Waals surface area contributed by atoms with Gasteiger partial charge in [-0.15, -0.1) is 0 Å². The zero-order chi connectivity index (χ0) is 20.8. The molecule has 0 saturated carbocycles. The normalized spacial score (nSPS) is 14.8. The summed E-state index contributed by atoms with van der Waals surface area (Å²) in [7, 11) is 0. The number of hydrogen-bond donors (Lipinski definition) is 2. The summed E-state index contributed by atoms with van der Waals surface area (Å²) < 4.78 is 11.4. The molecule has 152 valence electrons. The van der Waals surface area contributed by atoms with E-state index in [9.17, 15) is 9.59 Å². The molecule has 2 amide bonds. The maximum Gasteiger partial charge on any atom is 0.310 e. The Morgan fingerprint density at radius 1 is 0.800 bits per heavy atom. The smallest absolute Gasteiger partial charge is 0.310 e. The van der Waals surface area contributed by atoms with E-state index < -0.39 is 17.9 Å². The second kappa shape index (κ2) is 9.13. The number of nitrogens with one attached hydrogen (secondary N) is 2. The van der Waals surface area contributed by atoms with Crippen LogP contribution < -0.4 is 20.1 Å². The number of ether oxygens (including phenoxy) is 2. The molecular weight excluding hydrogens is 380 g/mol. The fourth-order valence-electron chi connectivity index (χ4n) is 3.30. The lowest BCUT2D eigenvalue weighted by Gasteiger charge is -2.26. The van der Waals surface area contributed by atoms with Crippen LogP contribution in [0.3, 0.4) is 0 Å². The zero-order valence-corrected chi connectivity index (χ0v) is 16.3. The number of carbonyl (C=O) groups is 2. The van der Waals surface area contributed by atoms with Crippen molar-refractivity contribution >= 4 is 11.8 Å². The topological polar surface area (TPSA) is 76.7 Å². The van der Waals surface area contributed by atoms with Crippen molar-refractivity contribution in [1.29, 1.82) is 0 Å². The number of hydrogen-bond acceptors (Lipinski definition) is 4. The van der Waals surface area contributed by atoms with E-state index in [1.807, 2.05) is 78.9 Å². The Hall–Kier alpha value is -3.80. The van der Waals surface area contributed by atoms with Gasteiger partial charge in [0, 0.05) is 0 Å². The quantitative estimate of drug-likeness (QED) is 0.644. The average molecular weight is 402 g/mol. The SMILES string of the molecule is O=C(NCC1COc2ccccc2O1)C(=O)NC(c1ccccc1)c1ccccc1. The highest BCUT2D eigenvalue weighted by Gasteiger charge is 2.24. The van der Waals surface area contributed by atoms with Crippen LogP contribution in [0.1, 0.15) is 17.2 Å². The highest BCUT2D eigenvalue weighted by molar-refractivity contribution is 6.35. The first-order valence-corrected chi connectivity index (χ1v) is 9.78. The van der Waals surface area contributed by atoms with E-state index in [0.717, 1.165) is 11.1 Å². The van der Waals surface area contributed by atoms with E-state index in [4.69, 9.17) is 9.47 Å². The van der Waals surface area contributed by atoms with Crippen LogP contribution in [0, 0.1) is 0 Å². The van der Waals surface area contributed by atoms with Crippen LogP contribution in [0.2, 0.25) is 0 Å². The van der Waals surface area contributed by atoms with Crippen molar-refractivity contribution in [3.8, 4) is 11.5 Å². The van der Waals surface area contributed by atoms with Crippen LogP contribution in [0.5, 0.6) is 11.5 Å². The lowest BCUT2D eigenvalue weighted by atomic mass is 9.99. The molecular formula is C24H22N2O4. The molecule has 0 aliphatic carbocycles. The number of rotatable bonds is 5. The van der Waals surface area contributed by atoms with Crippen LogP contribution >= 0.6 is 0 Å². The molecule has 1 atom stereocenters. The van der Waals surface area contributed by atoms with Crippen molar-refractivity contribution in [2.45, 2.75) is 12.1 Å². The summed E-state index contributed by atoms with van der Waals surface area (Å²) in [6.07, 6.45) is -0.365. The zero-order valence-electron chi connectivity index (χ0n) is 16.3. The van der Waals surface area contributed by atoms with Gasteiger partial charge in [0.25, 0.3) is 0 Å². The van der Waals surface area contributed by atoms with Crippen molar-refractivity contribution in [2.24, 2.45) is 0 Å². The molecule has 0 bridgehead atoms. The second-order valence-electron chi connectivity index (χ2n) is 6.94. The van der Waals surface area contributed by atoms with Gasteiger partial charge < -0.3 is 20.1 Å². The van der Waals surface area contributed by atoms with E-state index in [0.29, 0.717) is 18.1 Å². The third-order valence-corrected chi connectivity index (χ3v) is 4.81. The molecule has 6 heteroatoms. The third-order valence-electron chi connectivity index (χ3n) is 4.81. The van der Waals surface area contributed by atoms with E-state index in [1.165, 1.54) is 0 Å². The van der Waals surface area contributed by atoms with Crippen molar-refractivity contribution in [1.82, 2.24) is 10.6 Å². The van der Waals surface area contributed by atoms with E-state index in [-0.39, 0.29) is 12.6 Å². The van der Waals surface area contributed by atoms with Crippen molar-refractivity contribution in [3.63, 3.8) is 0 Å². The molecule has 1 unspecified atom stereocenters. The Labute approximate surface area is 174 Å². The molecule has 2 N–H and O–H groups in total. The molecule has 0 radical (unpaired) electrons. The number of amides is 2. The van der Waals surface area contributed by atoms with Crippen LogP contribution in [-0.4, -0.2) is 31.1 Å². The summed E-state index contributed by atoms with van der Waals surface area (Å²) in [5.74, 6) is -0.119. The monoisotopic (exact) mass is 402 g/mol. The van der Waals surface area contributed by atoms with Gasteiger partial charge in [0.15, 0.2) is 11.5 Å². The first-order valence-electron chi connectivity index (χ1n) is 9.78. The Bertz CT molecular complexity index is 968. The molecule has 1 aliphatic rings. The molecule has 3 aromatic rings. The summed E-state index contributed by atoms with van der Waals surface area (Å²) in [6, 6.07) is 26.0. The van der Waals surface area contributed by atoms with Crippen molar-refractivity contribution < 1.29 is 19.1 Å². The molecule has 1 heterocycles. The summed E-state index contributed by atoms with van der Waals surface area (Å²) in [5.41, 5.74) is 1.79.